The van der Waals surface area contributed by atoms with E-state index in [1.807, 2.05) is 43.3 Å². The van der Waals surface area contributed by atoms with Gasteiger partial charge in [0, 0.05) is 51.7 Å². The highest BCUT2D eigenvalue weighted by molar-refractivity contribution is 6.04. The molecule has 0 aliphatic heterocycles. The van der Waals surface area contributed by atoms with Gasteiger partial charge >= 0.3 is 0 Å². The van der Waals surface area contributed by atoms with Crippen LogP contribution in [0.25, 0.3) is 22.4 Å². The molecule has 4 aromatic rings. The van der Waals surface area contributed by atoms with Crippen molar-refractivity contribution in [1.82, 2.24) is 19.9 Å². The number of nitrogens with zero attached hydrogens (tertiary/aromatic N) is 4. The molecule has 2 N–H and O–H groups in total. The van der Waals surface area contributed by atoms with E-state index in [0.29, 0.717) is 22.8 Å². The predicted octanol–water partition coefficient (Wildman–Crippen LogP) is 5.81. The summed E-state index contributed by atoms with van der Waals surface area (Å²) in [6.45, 7) is 8.12. The number of carbonyl (C=O) groups excluding carboxylic acids is 2. The number of aromatic nitrogens is 4. The maximum atomic E-state index is 13.0. The zero-order valence-electron chi connectivity index (χ0n) is 21.9. The number of amides is 2. The lowest BCUT2D eigenvalue weighted by Gasteiger charge is -2.18. The largest absolute Gasteiger partial charge is 0.321 e. The number of nitrogens with one attached hydrogen (secondary N) is 2. The second-order valence-electron chi connectivity index (χ2n) is 10.6. The minimum atomic E-state index is -0.218. The summed E-state index contributed by atoms with van der Waals surface area (Å²) in [5.74, 6) is 0.375. The zero-order valence-corrected chi connectivity index (χ0v) is 21.9. The molecule has 0 bridgehead atoms. The SMILES string of the molecule is Cc1ncc(NC(=O)c2ccnc(C(C)(C)C)c2)cc1-c1cccc(-c2cc(NC(=O)C3CC3)ncn2)c1. The van der Waals surface area contributed by atoms with Gasteiger partial charge in [0.2, 0.25) is 5.91 Å². The minimum Gasteiger partial charge on any atom is -0.321 e. The van der Waals surface area contributed by atoms with Crippen LogP contribution < -0.4 is 10.6 Å². The van der Waals surface area contributed by atoms with E-state index in [0.717, 1.165) is 40.9 Å². The fourth-order valence-electron chi connectivity index (χ4n) is 4.08. The Kier molecular flexibility index (Phi) is 6.72. The molecule has 1 fully saturated rings. The fourth-order valence-corrected chi connectivity index (χ4v) is 4.08. The van der Waals surface area contributed by atoms with Gasteiger partial charge in [-0.3, -0.25) is 19.6 Å². The average Bonchev–Trinajstić information content (AvgIpc) is 3.75. The van der Waals surface area contributed by atoms with Crippen LogP contribution in [0.3, 0.4) is 0 Å². The summed E-state index contributed by atoms with van der Waals surface area (Å²) in [6, 6.07) is 15.2. The van der Waals surface area contributed by atoms with E-state index in [1.54, 1.807) is 24.5 Å². The highest BCUT2D eigenvalue weighted by atomic mass is 16.2. The Morgan fingerprint density at radius 2 is 1.68 bits per heavy atom. The van der Waals surface area contributed by atoms with Gasteiger partial charge in [-0.1, -0.05) is 39.0 Å². The van der Waals surface area contributed by atoms with Gasteiger partial charge < -0.3 is 10.6 Å². The molecule has 1 aromatic carbocycles. The Balaban J connectivity index is 1.38. The van der Waals surface area contributed by atoms with Gasteiger partial charge in [-0.15, -0.1) is 0 Å². The maximum Gasteiger partial charge on any atom is 0.255 e. The molecule has 8 nitrogen and oxygen atoms in total. The molecule has 1 saturated carbocycles. The van der Waals surface area contributed by atoms with Gasteiger partial charge in [-0.25, -0.2) is 9.97 Å². The van der Waals surface area contributed by atoms with E-state index in [9.17, 15) is 9.59 Å². The van der Waals surface area contributed by atoms with Crippen LogP contribution in [-0.2, 0) is 10.2 Å². The van der Waals surface area contributed by atoms with Crippen molar-refractivity contribution in [2.45, 2.75) is 46.0 Å². The van der Waals surface area contributed by atoms with Gasteiger partial charge in [-0.05, 0) is 49.6 Å². The Bertz CT molecular complexity index is 1520. The van der Waals surface area contributed by atoms with Crippen molar-refractivity contribution in [2.75, 3.05) is 10.6 Å². The minimum absolute atomic E-state index is 0.00496. The Morgan fingerprint density at radius 3 is 2.45 bits per heavy atom. The summed E-state index contributed by atoms with van der Waals surface area (Å²) in [5, 5.41) is 5.85. The van der Waals surface area contributed by atoms with Gasteiger partial charge in [-0.2, -0.15) is 0 Å². The highest BCUT2D eigenvalue weighted by Gasteiger charge is 2.29. The first-order chi connectivity index (χ1) is 18.2. The number of benzene rings is 1. The Morgan fingerprint density at radius 1 is 0.895 bits per heavy atom. The molecule has 0 spiro atoms. The molecular weight excluding hydrogens is 476 g/mol. The fraction of sp³-hybridized carbons (Fsp3) is 0.267. The van der Waals surface area contributed by atoms with Crippen molar-refractivity contribution in [3.8, 4) is 22.4 Å². The van der Waals surface area contributed by atoms with E-state index in [1.165, 1.54) is 6.33 Å². The summed E-state index contributed by atoms with van der Waals surface area (Å²) in [6.07, 6.45) is 6.64. The zero-order chi connectivity index (χ0) is 26.9. The first kappa shape index (κ1) is 25.2. The molecular formula is C30H30N6O2. The molecule has 0 unspecified atom stereocenters. The summed E-state index contributed by atoms with van der Waals surface area (Å²) >= 11 is 0. The number of hydrogen-bond donors (Lipinski definition) is 2. The quantitative estimate of drug-likeness (QED) is 0.342. The number of aryl methyl sites for hydroxylation is 1. The van der Waals surface area contributed by atoms with E-state index in [-0.39, 0.29) is 23.1 Å². The Labute approximate surface area is 222 Å². The lowest BCUT2D eigenvalue weighted by Crippen LogP contribution is -2.17. The second kappa shape index (κ2) is 10.1. The molecule has 3 aromatic heterocycles. The van der Waals surface area contributed by atoms with Crippen molar-refractivity contribution in [2.24, 2.45) is 5.92 Å². The molecule has 1 aliphatic rings. The van der Waals surface area contributed by atoms with E-state index in [4.69, 9.17) is 0 Å². The summed E-state index contributed by atoms with van der Waals surface area (Å²) in [4.78, 5) is 42.7. The predicted molar refractivity (Wildman–Crippen MR) is 148 cm³/mol. The van der Waals surface area contributed by atoms with Crippen molar-refractivity contribution >= 4 is 23.3 Å². The van der Waals surface area contributed by atoms with Crippen molar-refractivity contribution in [1.29, 1.82) is 0 Å². The van der Waals surface area contributed by atoms with Crippen LogP contribution in [0.5, 0.6) is 0 Å². The summed E-state index contributed by atoms with van der Waals surface area (Å²) in [5.41, 5.74) is 6.08. The molecule has 0 saturated heterocycles. The van der Waals surface area contributed by atoms with E-state index in [2.05, 4.69) is 51.3 Å². The van der Waals surface area contributed by atoms with Crippen molar-refractivity contribution in [3.05, 3.63) is 84.2 Å². The molecule has 1 aliphatic carbocycles. The van der Waals surface area contributed by atoms with Crippen LogP contribution in [0.15, 0.2) is 67.3 Å². The third kappa shape index (κ3) is 5.75. The molecule has 3 heterocycles. The first-order valence-corrected chi connectivity index (χ1v) is 12.7. The number of hydrogen-bond acceptors (Lipinski definition) is 6. The van der Waals surface area contributed by atoms with Gasteiger partial charge in [0.1, 0.15) is 12.1 Å². The topological polar surface area (TPSA) is 110 Å². The Hall–Kier alpha value is -4.46. The van der Waals surface area contributed by atoms with Crippen LogP contribution >= 0.6 is 0 Å². The van der Waals surface area contributed by atoms with E-state index >= 15 is 0 Å². The van der Waals surface area contributed by atoms with Crippen LogP contribution in [0.2, 0.25) is 0 Å². The number of carbonyl (C=O) groups is 2. The maximum absolute atomic E-state index is 13.0. The van der Waals surface area contributed by atoms with Gasteiger partial charge in [0.05, 0.1) is 17.6 Å². The van der Waals surface area contributed by atoms with Crippen molar-refractivity contribution in [3.63, 3.8) is 0 Å². The second-order valence-corrected chi connectivity index (χ2v) is 10.6. The summed E-state index contributed by atoms with van der Waals surface area (Å²) in [7, 11) is 0. The van der Waals surface area contributed by atoms with Gasteiger partial charge in [0.25, 0.3) is 5.91 Å². The molecule has 2 amide bonds. The standard InChI is InChI=1S/C30H30N6O2/c1-18-24(14-23(16-32-18)35-29(38)22-10-11-31-26(13-22)30(2,3)4)20-6-5-7-21(12-20)25-15-27(34-17-33-25)36-28(37)19-8-9-19/h5-7,10-17,19H,8-9H2,1-4H3,(H,35,38)(H,33,34,36,37). The highest BCUT2D eigenvalue weighted by Crippen LogP contribution is 2.31. The lowest BCUT2D eigenvalue weighted by molar-refractivity contribution is -0.117. The van der Waals surface area contributed by atoms with Crippen LogP contribution in [0.1, 0.15) is 55.4 Å². The first-order valence-electron chi connectivity index (χ1n) is 12.7. The molecule has 5 rings (SSSR count). The molecule has 38 heavy (non-hydrogen) atoms. The third-order valence-electron chi connectivity index (χ3n) is 6.47. The lowest BCUT2D eigenvalue weighted by atomic mass is 9.91. The molecule has 0 radical (unpaired) electrons. The van der Waals surface area contributed by atoms with Crippen molar-refractivity contribution < 1.29 is 9.59 Å². The third-order valence-corrected chi connectivity index (χ3v) is 6.47. The normalized spacial score (nSPS) is 13.2. The smallest absolute Gasteiger partial charge is 0.255 e. The summed E-state index contributed by atoms with van der Waals surface area (Å²) < 4.78 is 0. The monoisotopic (exact) mass is 506 g/mol. The molecule has 8 heteroatoms. The molecule has 192 valence electrons. The number of pyridine rings is 2. The number of rotatable bonds is 6. The van der Waals surface area contributed by atoms with Gasteiger partial charge in [0.15, 0.2) is 0 Å². The molecule has 0 atom stereocenters. The van der Waals surface area contributed by atoms with Crippen LogP contribution in [0.4, 0.5) is 11.5 Å². The van der Waals surface area contributed by atoms with Crippen LogP contribution in [-0.4, -0.2) is 31.8 Å². The van der Waals surface area contributed by atoms with E-state index < -0.39 is 0 Å². The average molecular weight is 507 g/mol. The number of anilines is 2. The van der Waals surface area contributed by atoms with Crippen LogP contribution in [0, 0.1) is 12.8 Å².